The second kappa shape index (κ2) is 8.92. The second-order valence-electron chi connectivity index (χ2n) is 8.00. The molecule has 1 aromatic heterocycles. The van der Waals surface area contributed by atoms with Gasteiger partial charge in [-0.25, -0.2) is 4.68 Å². The van der Waals surface area contributed by atoms with Crippen LogP contribution < -0.4 is 19.5 Å². The zero-order chi connectivity index (χ0) is 21.9. The van der Waals surface area contributed by atoms with Gasteiger partial charge >= 0.3 is 0 Å². The van der Waals surface area contributed by atoms with E-state index in [1.54, 1.807) is 18.0 Å². The third-order valence-electron chi connectivity index (χ3n) is 5.92. The summed E-state index contributed by atoms with van der Waals surface area (Å²) in [7, 11) is 1.62. The summed E-state index contributed by atoms with van der Waals surface area (Å²) < 4.78 is 18.3. The van der Waals surface area contributed by atoms with Crippen LogP contribution in [0.2, 0.25) is 0 Å². The summed E-state index contributed by atoms with van der Waals surface area (Å²) >= 11 is 0. The number of fused-ring (bicyclic) bond motifs is 1. The van der Waals surface area contributed by atoms with E-state index >= 15 is 0 Å². The summed E-state index contributed by atoms with van der Waals surface area (Å²) in [4.78, 5) is 15.4. The first kappa shape index (κ1) is 20.4. The zero-order valence-corrected chi connectivity index (χ0v) is 18.0. The molecule has 1 amide bonds. The van der Waals surface area contributed by atoms with Gasteiger partial charge in [0.25, 0.3) is 0 Å². The molecule has 3 aromatic rings. The molecule has 1 atom stereocenters. The standard InChI is InChI=1S/C24H26N4O4/c1-30-21-13-17(14-22-23(21)32-16-31-22)15-27-11-3-2-5-20(27)24(29)26-18-6-8-19(9-7-18)28-12-4-10-25-28/h4,6-10,12-14,20H,2-3,5,11,15-16H2,1H3,(H,26,29). The monoisotopic (exact) mass is 434 g/mol. The van der Waals surface area contributed by atoms with E-state index in [9.17, 15) is 4.79 Å². The maximum Gasteiger partial charge on any atom is 0.241 e. The van der Waals surface area contributed by atoms with Crippen molar-refractivity contribution in [3.63, 3.8) is 0 Å². The number of hydrogen-bond acceptors (Lipinski definition) is 6. The van der Waals surface area contributed by atoms with E-state index in [4.69, 9.17) is 14.2 Å². The van der Waals surface area contributed by atoms with Gasteiger partial charge < -0.3 is 19.5 Å². The van der Waals surface area contributed by atoms with Crippen molar-refractivity contribution < 1.29 is 19.0 Å². The van der Waals surface area contributed by atoms with Gasteiger partial charge in [0.15, 0.2) is 11.5 Å². The molecule has 0 saturated carbocycles. The first-order valence-electron chi connectivity index (χ1n) is 10.8. The average Bonchev–Trinajstić information content (AvgIpc) is 3.52. The highest BCUT2D eigenvalue weighted by Gasteiger charge is 2.30. The number of nitrogens with one attached hydrogen (secondary N) is 1. The maximum atomic E-state index is 13.2. The van der Waals surface area contributed by atoms with Gasteiger partial charge in [0.1, 0.15) is 0 Å². The number of methoxy groups -OCH3 is 1. The lowest BCUT2D eigenvalue weighted by Crippen LogP contribution is -2.46. The predicted octanol–water partition coefficient (Wildman–Crippen LogP) is 3.60. The van der Waals surface area contributed by atoms with Crippen LogP contribution in [0, 0.1) is 0 Å². The summed E-state index contributed by atoms with van der Waals surface area (Å²) in [5.74, 6) is 2.01. The Morgan fingerprint density at radius 2 is 2.09 bits per heavy atom. The Bertz CT molecular complexity index is 1080. The Balaban J connectivity index is 1.29. The molecule has 2 aromatic carbocycles. The molecule has 2 aliphatic heterocycles. The number of likely N-dealkylation sites (tertiary alicyclic amines) is 1. The van der Waals surface area contributed by atoms with Crippen molar-refractivity contribution in [3.05, 3.63) is 60.4 Å². The van der Waals surface area contributed by atoms with Crippen LogP contribution in [0.4, 0.5) is 5.69 Å². The SMILES string of the molecule is COc1cc(CN2CCCCC2C(=O)Nc2ccc(-n3cccn3)cc2)cc2c1OCO2. The number of ether oxygens (including phenoxy) is 3. The van der Waals surface area contributed by atoms with Crippen molar-refractivity contribution in [2.75, 3.05) is 25.8 Å². The number of carbonyl (C=O) groups is 1. The number of anilines is 1. The number of carbonyl (C=O) groups excluding carboxylic acids is 1. The Hall–Kier alpha value is -3.52. The fraction of sp³-hybridized carbons (Fsp3) is 0.333. The minimum atomic E-state index is -0.189. The number of benzene rings is 2. The molecule has 2 aliphatic rings. The second-order valence-corrected chi connectivity index (χ2v) is 8.00. The molecule has 5 rings (SSSR count). The van der Waals surface area contributed by atoms with Crippen molar-refractivity contribution in [2.45, 2.75) is 31.8 Å². The Morgan fingerprint density at radius 3 is 2.88 bits per heavy atom. The molecule has 0 aliphatic carbocycles. The minimum Gasteiger partial charge on any atom is -0.493 e. The Morgan fingerprint density at radius 1 is 1.22 bits per heavy atom. The highest BCUT2D eigenvalue weighted by Crippen LogP contribution is 2.42. The number of nitrogens with zero attached hydrogens (tertiary/aromatic N) is 3. The Kier molecular flexibility index (Phi) is 5.68. The van der Waals surface area contributed by atoms with E-state index in [1.165, 1.54) is 0 Å². The number of hydrogen-bond donors (Lipinski definition) is 1. The fourth-order valence-corrected chi connectivity index (χ4v) is 4.33. The first-order valence-corrected chi connectivity index (χ1v) is 10.8. The lowest BCUT2D eigenvalue weighted by molar-refractivity contribution is -0.122. The molecule has 0 radical (unpaired) electrons. The van der Waals surface area contributed by atoms with Gasteiger partial charge in [0.2, 0.25) is 18.4 Å². The van der Waals surface area contributed by atoms with Crippen LogP contribution in [0.3, 0.4) is 0 Å². The van der Waals surface area contributed by atoms with Crippen molar-refractivity contribution >= 4 is 11.6 Å². The molecule has 0 spiro atoms. The van der Waals surface area contributed by atoms with Gasteiger partial charge in [-0.1, -0.05) is 6.42 Å². The van der Waals surface area contributed by atoms with Gasteiger partial charge in [-0.05, 0) is 67.4 Å². The third-order valence-corrected chi connectivity index (χ3v) is 5.92. The van der Waals surface area contributed by atoms with E-state index in [0.717, 1.165) is 42.7 Å². The summed E-state index contributed by atoms with van der Waals surface area (Å²) in [6.07, 6.45) is 6.57. The molecular weight excluding hydrogens is 408 g/mol. The first-order chi connectivity index (χ1) is 15.7. The summed E-state index contributed by atoms with van der Waals surface area (Å²) in [5.41, 5.74) is 2.76. The highest BCUT2D eigenvalue weighted by atomic mass is 16.7. The quantitative estimate of drug-likeness (QED) is 0.639. The van der Waals surface area contributed by atoms with Crippen LogP contribution in [-0.2, 0) is 11.3 Å². The normalized spacial score (nSPS) is 17.8. The van der Waals surface area contributed by atoms with Crippen LogP contribution >= 0.6 is 0 Å². The molecule has 166 valence electrons. The average molecular weight is 434 g/mol. The zero-order valence-electron chi connectivity index (χ0n) is 18.0. The van der Waals surface area contributed by atoms with Gasteiger partial charge in [-0.2, -0.15) is 5.10 Å². The van der Waals surface area contributed by atoms with E-state index in [-0.39, 0.29) is 18.7 Å². The minimum absolute atomic E-state index is 0.0178. The number of aromatic nitrogens is 2. The van der Waals surface area contributed by atoms with Crippen LogP contribution in [0.5, 0.6) is 17.2 Å². The fourth-order valence-electron chi connectivity index (χ4n) is 4.33. The number of amides is 1. The Labute approximate surface area is 186 Å². The largest absolute Gasteiger partial charge is 0.493 e. The highest BCUT2D eigenvalue weighted by molar-refractivity contribution is 5.95. The van der Waals surface area contributed by atoms with Crippen LogP contribution in [0.25, 0.3) is 5.69 Å². The third kappa shape index (κ3) is 4.13. The molecule has 8 heteroatoms. The molecule has 8 nitrogen and oxygen atoms in total. The van der Waals surface area contributed by atoms with Crippen LogP contribution in [0.15, 0.2) is 54.9 Å². The van der Waals surface area contributed by atoms with Crippen LogP contribution in [0.1, 0.15) is 24.8 Å². The molecule has 32 heavy (non-hydrogen) atoms. The maximum absolute atomic E-state index is 13.2. The molecule has 0 bridgehead atoms. The summed E-state index contributed by atoms with van der Waals surface area (Å²) in [6, 6.07) is 13.3. The van der Waals surface area contributed by atoms with Gasteiger partial charge in [0, 0.05) is 24.6 Å². The van der Waals surface area contributed by atoms with E-state index in [2.05, 4.69) is 15.3 Å². The van der Waals surface area contributed by atoms with Crippen molar-refractivity contribution in [1.29, 1.82) is 0 Å². The van der Waals surface area contributed by atoms with Crippen molar-refractivity contribution in [2.24, 2.45) is 0 Å². The molecular formula is C24H26N4O4. The lowest BCUT2D eigenvalue weighted by atomic mass is 10.00. The number of piperidine rings is 1. The van der Waals surface area contributed by atoms with Gasteiger partial charge in [-0.3, -0.25) is 9.69 Å². The molecule has 1 unspecified atom stereocenters. The van der Waals surface area contributed by atoms with E-state index < -0.39 is 0 Å². The molecule has 1 saturated heterocycles. The molecule has 3 heterocycles. The van der Waals surface area contributed by atoms with E-state index in [1.807, 2.05) is 48.7 Å². The molecule has 1 N–H and O–H groups in total. The predicted molar refractivity (Wildman–Crippen MR) is 119 cm³/mol. The lowest BCUT2D eigenvalue weighted by Gasteiger charge is -2.34. The van der Waals surface area contributed by atoms with Crippen LogP contribution in [-0.4, -0.2) is 47.1 Å². The van der Waals surface area contributed by atoms with Crippen molar-refractivity contribution in [1.82, 2.24) is 14.7 Å². The molecule has 1 fully saturated rings. The summed E-state index contributed by atoms with van der Waals surface area (Å²) in [5, 5.41) is 7.32. The van der Waals surface area contributed by atoms with Crippen molar-refractivity contribution in [3.8, 4) is 22.9 Å². The van der Waals surface area contributed by atoms with Gasteiger partial charge in [-0.15, -0.1) is 0 Å². The van der Waals surface area contributed by atoms with Gasteiger partial charge in [0.05, 0.1) is 18.8 Å². The van der Waals surface area contributed by atoms with E-state index in [0.29, 0.717) is 23.8 Å². The smallest absolute Gasteiger partial charge is 0.241 e. The number of rotatable bonds is 6. The topological polar surface area (TPSA) is 77.9 Å². The summed E-state index contributed by atoms with van der Waals surface area (Å²) in [6.45, 7) is 1.71.